The summed E-state index contributed by atoms with van der Waals surface area (Å²) in [6, 6.07) is 15.7. The summed E-state index contributed by atoms with van der Waals surface area (Å²) in [6.07, 6.45) is 1.59. The minimum absolute atomic E-state index is 0.130. The molecular weight excluding hydrogens is 471 g/mol. The number of nitrogens with one attached hydrogen (secondary N) is 1. The van der Waals surface area contributed by atoms with Crippen LogP contribution >= 0.6 is 35.4 Å². The van der Waals surface area contributed by atoms with Crippen LogP contribution in [0.3, 0.4) is 0 Å². The molecule has 2 heterocycles. The third-order valence-corrected chi connectivity index (χ3v) is 5.41. The number of halogens is 2. The van der Waals surface area contributed by atoms with Gasteiger partial charge in [-0.05, 0) is 67.7 Å². The normalized spacial score (nSPS) is 14.7. The summed E-state index contributed by atoms with van der Waals surface area (Å²) in [5.41, 5.74) is 0.948. The molecule has 0 radical (unpaired) electrons. The minimum atomic E-state index is -0.281. The molecule has 9 heteroatoms. The number of benzene rings is 2. The fourth-order valence-electron chi connectivity index (χ4n) is 3.08. The Kier molecular flexibility index (Phi) is 6.69. The number of anilines is 1. The van der Waals surface area contributed by atoms with E-state index in [-0.39, 0.29) is 17.6 Å². The molecule has 1 N–H and O–H groups in total. The van der Waals surface area contributed by atoms with E-state index < -0.39 is 0 Å². The van der Waals surface area contributed by atoms with Crippen LogP contribution < -0.4 is 19.7 Å². The van der Waals surface area contributed by atoms with Crippen LogP contribution in [0.25, 0.3) is 6.08 Å². The molecule has 164 valence electrons. The second-order valence-corrected chi connectivity index (χ2v) is 7.90. The number of carbonyl (C=O) groups excluding carboxylic acids is 1. The van der Waals surface area contributed by atoms with E-state index in [2.05, 4.69) is 5.32 Å². The number of rotatable bonds is 7. The number of ether oxygens (including phenoxy) is 2. The highest BCUT2D eigenvalue weighted by Crippen LogP contribution is 2.33. The lowest BCUT2D eigenvalue weighted by molar-refractivity contribution is -0.113. The molecule has 2 aromatic carbocycles. The van der Waals surface area contributed by atoms with Crippen LogP contribution in [0.5, 0.6) is 11.5 Å². The van der Waals surface area contributed by atoms with E-state index in [1.54, 1.807) is 60.7 Å². The number of furan rings is 1. The van der Waals surface area contributed by atoms with E-state index in [1.165, 1.54) is 4.90 Å². The molecule has 0 aliphatic carbocycles. The number of carbonyl (C=O) groups is 1. The van der Waals surface area contributed by atoms with Gasteiger partial charge in [-0.15, -0.1) is 0 Å². The number of amides is 1. The van der Waals surface area contributed by atoms with Gasteiger partial charge in [0.05, 0.1) is 22.3 Å². The molecule has 0 bridgehead atoms. The Hall–Kier alpha value is -3.00. The van der Waals surface area contributed by atoms with Crippen LogP contribution in [0.2, 0.25) is 10.0 Å². The zero-order chi connectivity index (χ0) is 22.7. The van der Waals surface area contributed by atoms with Crippen molar-refractivity contribution in [3.05, 3.63) is 81.9 Å². The molecule has 1 amide bonds. The van der Waals surface area contributed by atoms with Crippen LogP contribution in [-0.2, 0) is 11.4 Å². The maximum absolute atomic E-state index is 12.9. The van der Waals surface area contributed by atoms with Gasteiger partial charge in [-0.1, -0.05) is 29.3 Å². The average Bonchev–Trinajstić information content (AvgIpc) is 3.32. The van der Waals surface area contributed by atoms with Crippen LogP contribution in [0.15, 0.2) is 64.7 Å². The lowest BCUT2D eigenvalue weighted by Crippen LogP contribution is -2.30. The predicted octanol–water partition coefficient (Wildman–Crippen LogP) is 5.83. The lowest BCUT2D eigenvalue weighted by atomic mass is 10.2. The van der Waals surface area contributed by atoms with Crippen molar-refractivity contribution >= 4 is 58.2 Å². The highest BCUT2D eigenvalue weighted by atomic mass is 35.5. The maximum atomic E-state index is 12.9. The van der Waals surface area contributed by atoms with Gasteiger partial charge in [-0.25, -0.2) is 0 Å². The second kappa shape index (κ2) is 9.65. The summed E-state index contributed by atoms with van der Waals surface area (Å²) in [5.74, 6) is 1.85. The number of para-hydroxylation sites is 1. The first-order valence-corrected chi connectivity index (χ1v) is 10.9. The Morgan fingerprint density at radius 3 is 2.47 bits per heavy atom. The van der Waals surface area contributed by atoms with Crippen LogP contribution in [0.4, 0.5) is 5.69 Å². The van der Waals surface area contributed by atoms with Gasteiger partial charge in [-0.3, -0.25) is 9.69 Å². The third kappa shape index (κ3) is 4.75. The van der Waals surface area contributed by atoms with Gasteiger partial charge >= 0.3 is 0 Å². The van der Waals surface area contributed by atoms with E-state index in [9.17, 15) is 4.79 Å². The molecule has 0 spiro atoms. The summed E-state index contributed by atoms with van der Waals surface area (Å²) in [4.78, 5) is 14.3. The molecule has 1 aliphatic heterocycles. The number of thiocarbonyl (C=S) groups is 1. The Morgan fingerprint density at radius 1 is 1.06 bits per heavy atom. The molecule has 32 heavy (non-hydrogen) atoms. The van der Waals surface area contributed by atoms with Gasteiger partial charge < -0.3 is 19.2 Å². The predicted molar refractivity (Wildman–Crippen MR) is 128 cm³/mol. The summed E-state index contributed by atoms with van der Waals surface area (Å²) >= 11 is 17.6. The van der Waals surface area contributed by atoms with Crippen LogP contribution in [0, 0.1) is 0 Å². The van der Waals surface area contributed by atoms with E-state index in [1.807, 2.05) is 6.92 Å². The summed E-state index contributed by atoms with van der Waals surface area (Å²) in [6.45, 7) is 2.60. The highest BCUT2D eigenvalue weighted by molar-refractivity contribution is 7.80. The van der Waals surface area contributed by atoms with Crippen molar-refractivity contribution in [2.75, 3.05) is 11.5 Å². The fourth-order valence-corrected chi connectivity index (χ4v) is 3.89. The molecule has 0 saturated carbocycles. The standard InChI is InChI=1S/C23H18Cl2N2O4S/c1-2-29-15-8-6-14(7-9-15)27-22(28)20(26-23(27)32)12-16-10-11-17(31-16)13-30-21-18(24)4-3-5-19(21)25/h3-12H,2,13H2,1H3,(H,26,32)/b20-12+. The fraction of sp³-hybridized carbons (Fsp3) is 0.130. The molecule has 1 fully saturated rings. The zero-order valence-electron chi connectivity index (χ0n) is 16.9. The van der Waals surface area contributed by atoms with Crippen molar-refractivity contribution in [1.82, 2.24) is 5.32 Å². The highest BCUT2D eigenvalue weighted by Gasteiger charge is 2.32. The third-order valence-electron chi connectivity index (χ3n) is 4.53. The molecule has 6 nitrogen and oxygen atoms in total. The summed E-state index contributed by atoms with van der Waals surface area (Å²) in [7, 11) is 0. The van der Waals surface area contributed by atoms with Crippen LogP contribution in [0.1, 0.15) is 18.4 Å². The average molecular weight is 489 g/mol. The first kappa shape index (κ1) is 22.2. The maximum Gasteiger partial charge on any atom is 0.281 e. The molecule has 4 rings (SSSR count). The molecule has 1 aliphatic rings. The van der Waals surface area contributed by atoms with Gasteiger partial charge in [0, 0.05) is 6.08 Å². The number of hydrogen-bond acceptors (Lipinski definition) is 5. The van der Waals surface area contributed by atoms with Crippen molar-refractivity contribution in [3.63, 3.8) is 0 Å². The molecule has 1 saturated heterocycles. The van der Waals surface area contributed by atoms with Crippen molar-refractivity contribution in [2.24, 2.45) is 0 Å². The SMILES string of the molecule is CCOc1ccc(N2C(=O)/C(=C\c3ccc(COc4c(Cl)cccc4Cl)o3)NC2=S)cc1. The largest absolute Gasteiger partial charge is 0.494 e. The first-order valence-electron chi connectivity index (χ1n) is 9.71. The quantitative estimate of drug-likeness (QED) is 0.333. The number of hydrogen-bond donors (Lipinski definition) is 1. The number of nitrogens with zero attached hydrogens (tertiary/aromatic N) is 1. The van der Waals surface area contributed by atoms with Crippen LogP contribution in [-0.4, -0.2) is 17.6 Å². The second-order valence-electron chi connectivity index (χ2n) is 6.70. The minimum Gasteiger partial charge on any atom is -0.494 e. The molecule has 0 unspecified atom stereocenters. The monoisotopic (exact) mass is 488 g/mol. The summed E-state index contributed by atoms with van der Waals surface area (Å²) in [5, 5.41) is 4.04. The van der Waals surface area contributed by atoms with Gasteiger partial charge in [0.1, 0.15) is 29.6 Å². The van der Waals surface area contributed by atoms with E-state index >= 15 is 0 Å². The lowest BCUT2D eigenvalue weighted by Gasteiger charge is -2.14. The zero-order valence-corrected chi connectivity index (χ0v) is 19.3. The molecule has 3 aromatic rings. The topological polar surface area (TPSA) is 63.9 Å². The van der Waals surface area contributed by atoms with Gasteiger partial charge in [-0.2, -0.15) is 0 Å². The van der Waals surface area contributed by atoms with Gasteiger partial charge in [0.2, 0.25) is 0 Å². The van der Waals surface area contributed by atoms with E-state index in [4.69, 9.17) is 49.3 Å². The van der Waals surface area contributed by atoms with Crippen molar-refractivity contribution in [1.29, 1.82) is 0 Å². The van der Waals surface area contributed by atoms with Crippen molar-refractivity contribution < 1.29 is 18.7 Å². The Balaban J connectivity index is 1.46. The molecule has 0 atom stereocenters. The van der Waals surface area contributed by atoms with Gasteiger partial charge in [0.25, 0.3) is 5.91 Å². The van der Waals surface area contributed by atoms with Gasteiger partial charge in [0.15, 0.2) is 10.9 Å². The summed E-state index contributed by atoms with van der Waals surface area (Å²) < 4.78 is 16.9. The van der Waals surface area contributed by atoms with Crippen molar-refractivity contribution in [3.8, 4) is 11.5 Å². The van der Waals surface area contributed by atoms with E-state index in [0.29, 0.717) is 45.3 Å². The Morgan fingerprint density at radius 2 is 1.78 bits per heavy atom. The Labute approximate surface area is 200 Å². The smallest absolute Gasteiger partial charge is 0.281 e. The molecular formula is C23H18Cl2N2O4S. The molecule has 1 aromatic heterocycles. The van der Waals surface area contributed by atoms with Crippen molar-refractivity contribution in [2.45, 2.75) is 13.5 Å². The first-order chi connectivity index (χ1) is 15.5. The Bertz CT molecular complexity index is 1170. The van der Waals surface area contributed by atoms with E-state index in [0.717, 1.165) is 5.75 Å².